The molecule has 1 atom stereocenters. The van der Waals surface area contributed by atoms with Crippen LogP contribution in [0.2, 0.25) is 0 Å². The molecule has 120 valence electrons. The molecule has 0 radical (unpaired) electrons. The second-order valence-corrected chi connectivity index (χ2v) is 6.52. The maximum atomic E-state index is 12.2. The lowest BCUT2D eigenvalue weighted by molar-refractivity contribution is -0.139. The van der Waals surface area contributed by atoms with Gasteiger partial charge in [-0.15, -0.1) is 0 Å². The van der Waals surface area contributed by atoms with Crippen LogP contribution in [-0.2, 0) is 4.79 Å². The predicted molar refractivity (Wildman–Crippen MR) is 80.2 cm³/mol. The number of nitrogens with one attached hydrogen (secondary N) is 1. The van der Waals surface area contributed by atoms with E-state index >= 15 is 0 Å². The monoisotopic (exact) mass is 297 g/mol. The number of hydrogen-bond donors (Lipinski definition) is 2. The van der Waals surface area contributed by atoms with Crippen LogP contribution in [0.3, 0.4) is 0 Å². The highest BCUT2D eigenvalue weighted by atomic mass is 16.4. The van der Waals surface area contributed by atoms with Crippen LogP contribution in [0, 0.1) is 5.92 Å². The Balaban J connectivity index is 1.72. The van der Waals surface area contributed by atoms with Gasteiger partial charge >= 0.3 is 12.0 Å². The zero-order valence-electron chi connectivity index (χ0n) is 13.2. The average Bonchev–Trinajstić information content (AvgIpc) is 2.28. The second kappa shape index (κ2) is 6.64. The molecule has 0 spiro atoms. The first-order valence-electron chi connectivity index (χ1n) is 7.95. The van der Waals surface area contributed by atoms with Crippen molar-refractivity contribution < 1.29 is 14.7 Å². The summed E-state index contributed by atoms with van der Waals surface area (Å²) in [5, 5.41) is 11.9. The van der Waals surface area contributed by atoms with Crippen LogP contribution in [-0.4, -0.2) is 64.7 Å². The number of likely N-dealkylation sites (tertiary alicyclic amines) is 1. The molecule has 2 amide bonds. The molecule has 2 rings (SSSR count). The lowest BCUT2D eigenvalue weighted by Crippen LogP contribution is -2.61. The first kappa shape index (κ1) is 16.1. The number of amides is 2. The van der Waals surface area contributed by atoms with Gasteiger partial charge in [0.2, 0.25) is 0 Å². The van der Waals surface area contributed by atoms with Crippen LogP contribution < -0.4 is 5.32 Å². The number of carboxylic acids is 1. The van der Waals surface area contributed by atoms with Crippen LogP contribution in [0.15, 0.2) is 0 Å². The maximum Gasteiger partial charge on any atom is 0.317 e. The molecule has 6 heteroatoms. The highest BCUT2D eigenvalue weighted by molar-refractivity contribution is 5.76. The summed E-state index contributed by atoms with van der Waals surface area (Å²) in [6.07, 6.45) is 2.81. The number of nitrogens with zero attached hydrogens (tertiary/aromatic N) is 2. The topological polar surface area (TPSA) is 72.9 Å². The van der Waals surface area contributed by atoms with Gasteiger partial charge in [0.15, 0.2) is 0 Å². The van der Waals surface area contributed by atoms with Crippen molar-refractivity contribution in [2.24, 2.45) is 5.92 Å². The first-order chi connectivity index (χ1) is 9.92. The molecule has 0 aromatic rings. The van der Waals surface area contributed by atoms with Crippen molar-refractivity contribution in [3.05, 3.63) is 0 Å². The zero-order valence-corrected chi connectivity index (χ0v) is 13.2. The van der Waals surface area contributed by atoms with E-state index in [2.05, 4.69) is 19.2 Å². The van der Waals surface area contributed by atoms with Crippen LogP contribution in [0.4, 0.5) is 4.79 Å². The number of carbonyl (C=O) groups excluding carboxylic acids is 1. The summed E-state index contributed by atoms with van der Waals surface area (Å²) in [4.78, 5) is 26.9. The quantitative estimate of drug-likeness (QED) is 0.776. The zero-order chi connectivity index (χ0) is 15.6. The highest BCUT2D eigenvalue weighted by Gasteiger charge is 2.38. The number of rotatable bonds is 6. The summed E-state index contributed by atoms with van der Waals surface area (Å²) in [6.45, 7) is 7.94. The molecule has 2 N–H and O–H groups in total. The molecule has 2 fully saturated rings. The minimum absolute atomic E-state index is 0.0460. The lowest BCUT2D eigenvalue weighted by atomic mass is 9.85. The molecule has 0 aromatic heterocycles. The number of carbonyl (C=O) groups is 2. The summed E-state index contributed by atoms with van der Waals surface area (Å²) in [6, 6.07) is 0.900. The van der Waals surface area contributed by atoms with E-state index in [1.54, 1.807) is 0 Å². The van der Waals surface area contributed by atoms with E-state index in [0.29, 0.717) is 12.0 Å². The van der Waals surface area contributed by atoms with Gasteiger partial charge in [0.25, 0.3) is 0 Å². The molecule has 1 saturated heterocycles. The summed E-state index contributed by atoms with van der Waals surface area (Å²) >= 11 is 0. The summed E-state index contributed by atoms with van der Waals surface area (Å²) in [5.41, 5.74) is 0. The normalized spacial score (nSPS) is 28.2. The molecule has 0 aromatic carbocycles. The third-order valence-electron chi connectivity index (χ3n) is 4.80. The van der Waals surface area contributed by atoms with Gasteiger partial charge in [-0.25, -0.2) is 4.79 Å². The Morgan fingerprint density at radius 2 is 2.05 bits per heavy atom. The number of carboxylic acid groups (broad SMARTS) is 1. The number of likely N-dealkylation sites (N-methyl/N-ethyl adjacent to an activating group) is 1. The van der Waals surface area contributed by atoms with Crippen LogP contribution in [0.5, 0.6) is 0 Å². The number of urea groups is 1. The van der Waals surface area contributed by atoms with Gasteiger partial charge in [0.05, 0.1) is 6.54 Å². The van der Waals surface area contributed by atoms with Crippen molar-refractivity contribution in [2.45, 2.75) is 58.2 Å². The largest absolute Gasteiger partial charge is 0.480 e. The fraction of sp³-hybridized carbons (Fsp3) is 0.867. The van der Waals surface area contributed by atoms with Crippen LogP contribution >= 0.6 is 0 Å². The molecule has 1 aliphatic heterocycles. The van der Waals surface area contributed by atoms with Gasteiger partial charge in [-0.05, 0) is 31.7 Å². The highest BCUT2D eigenvalue weighted by Crippen LogP contribution is 2.28. The third-order valence-corrected chi connectivity index (χ3v) is 4.80. The van der Waals surface area contributed by atoms with E-state index in [-0.39, 0.29) is 24.7 Å². The minimum Gasteiger partial charge on any atom is -0.480 e. The molecule has 1 heterocycles. The SMILES string of the molecule is CCN(CC(=O)O)C1CC(NC(=O)N2CCC2C(C)C)C1. The van der Waals surface area contributed by atoms with E-state index in [0.717, 1.165) is 32.4 Å². The summed E-state index contributed by atoms with van der Waals surface area (Å²) in [7, 11) is 0. The Hall–Kier alpha value is -1.30. The molecule has 21 heavy (non-hydrogen) atoms. The molecule has 0 bridgehead atoms. The molecule has 2 aliphatic rings. The molecular formula is C15H27N3O3. The van der Waals surface area contributed by atoms with Gasteiger partial charge in [-0.1, -0.05) is 20.8 Å². The maximum absolute atomic E-state index is 12.2. The standard InChI is InChI=1S/C15H27N3O3/c1-4-17(9-14(19)20)12-7-11(8-12)16-15(21)18-6-5-13(18)10(2)3/h10-13H,4-9H2,1-3H3,(H,16,21)(H,19,20). The van der Waals surface area contributed by atoms with Gasteiger partial charge in [0.1, 0.15) is 0 Å². The van der Waals surface area contributed by atoms with Crippen molar-refractivity contribution >= 4 is 12.0 Å². The van der Waals surface area contributed by atoms with Crippen molar-refractivity contribution in [3.63, 3.8) is 0 Å². The minimum atomic E-state index is -0.787. The first-order valence-corrected chi connectivity index (χ1v) is 7.95. The fourth-order valence-corrected chi connectivity index (χ4v) is 3.29. The fourth-order valence-electron chi connectivity index (χ4n) is 3.29. The Morgan fingerprint density at radius 3 is 2.48 bits per heavy atom. The predicted octanol–water partition coefficient (Wildman–Crippen LogP) is 1.36. The van der Waals surface area contributed by atoms with E-state index in [4.69, 9.17) is 5.11 Å². The molecule has 1 saturated carbocycles. The summed E-state index contributed by atoms with van der Waals surface area (Å²) < 4.78 is 0. The van der Waals surface area contributed by atoms with Gasteiger partial charge in [-0.3, -0.25) is 9.69 Å². The second-order valence-electron chi connectivity index (χ2n) is 6.52. The van der Waals surface area contributed by atoms with Crippen LogP contribution in [0.25, 0.3) is 0 Å². The Morgan fingerprint density at radius 1 is 1.38 bits per heavy atom. The van der Waals surface area contributed by atoms with Crippen molar-refractivity contribution in [1.82, 2.24) is 15.1 Å². The Labute approximate surface area is 126 Å². The molecular weight excluding hydrogens is 270 g/mol. The number of aliphatic carboxylic acids is 1. The van der Waals surface area contributed by atoms with E-state index in [9.17, 15) is 9.59 Å². The third kappa shape index (κ3) is 3.67. The van der Waals surface area contributed by atoms with Gasteiger partial charge in [0, 0.05) is 24.7 Å². The van der Waals surface area contributed by atoms with Gasteiger partial charge < -0.3 is 15.3 Å². The summed E-state index contributed by atoms with van der Waals surface area (Å²) in [5.74, 6) is -0.283. The smallest absolute Gasteiger partial charge is 0.317 e. The molecule has 1 unspecified atom stereocenters. The lowest BCUT2D eigenvalue weighted by Gasteiger charge is -2.47. The number of hydrogen-bond acceptors (Lipinski definition) is 3. The average molecular weight is 297 g/mol. The molecule has 1 aliphatic carbocycles. The Bertz CT molecular complexity index is 394. The molecule has 6 nitrogen and oxygen atoms in total. The Kier molecular flexibility index (Phi) is 5.08. The van der Waals surface area contributed by atoms with Crippen molar-refractivity contribution in [2.75, 3.05) is 19.6 Å². The van der Waals surface area contributed by atoms with Crippen LogP contribution in [0.1, 0.15) is 40.0 Å². The van der Waals surface area contributed by atoms with E-state index < -0.39 is 5.97 Å². The van der Waals surface area contributed by atoms with Crippen molar-refractivity contribution in [1.29, 1.82) is 0 Å². The van der Waals surface area contributed by atoms with E-state index in [1.165, 1.54) is 0 Å². The van der Waals surface area contributed by atoms with E-state index in [1.807, 2.05) is 16.7 Å². The van der Waals surface area contributed by atoms with Crippen molar-refractivity contribution in [3.8, 4) is 0 Å². The van der Waals surface area contributed by atoms with Gasteiger partial charge in [-0.2, -0.15) is 0 Å².